The molecular weight excluding hydrogens is 273 g/mol. The molecule has 0 atom stereocenters. The summed E-state index contributed by atoms with van der Waals surface area (Å²) < 4.78 is 44.7. The zero-order chi connectivity index (χ0) is 14.9. The van der Waals surface area contributed by atoms with Gasteiger partial charge in [0, 0.05) is 17.8 Å². The second-order valence-corrected chi connectivity index (χ2v) is 3.91. The van der Waals surface area contributed by atoms with Crippen LogP contribution in [0.5, 0.6) is 11.5 Å². The number of carbonyl (C=O) groups excluding carboxylic acids is 1. The van der Waals surface area contributed by atoms with E-state index in [0.717, 1.165) is 24.3 Å². The highest BCUT2D eigenvalue weighted by Gasteiger charge is 2.15. The van der Waals surface area contributed by atoms with Crippen molar-refractivity contribution in [2.24, 2.45) is 5.73 Å². The molecule has 2 aromatic carbocycles. The van der Waals surface area contributed by atoms with Crippen molar-refractivity contribution in [3.63, 3.8) is 0 Å². The van der Waals surface area contributed by atoms with E-state index in [-0.39, 0.29) is 11.3 Å². The lowest BCUT2D eigenvalue weighted by Crippen LogP contribution is -2.14. The van der Waals surface area contributed by atoms with Crippen LogP contribution < -0.4 is 16.2 Å². The van der Waals surface area contributed by atoms with Gasteiger partial charge >= 0.3 is 0 Å². The van der Waals surface area contributed by atoms with Gasteiger partial charge in [0.2, 0.25) is 0 Å². The number of amides is 1. The molecule has 0 aliphatic rings. The monoisotopic (exact) mass is 282 g/mol. The first-order chi connectivity index (χ1) is 9.38. The van der Waals surface area contributed by atoms with Crippen LogP contribution in [0.15, 0.2) is 30.3 Å². The number of ether oxygens (including phenoxy) is 1. The summed E-state index contributed by atoms with van der Waals surface area (Å²) in [6, 6.07) is 4.30. The van der Waals surface area contributed by atoms with Crippen molar-refractivity contribution >= 4 is 11.6 Å². The van der Waals surface area contributed by atoms with Crippen molar-refractivity contribution in [1.29, 1.82) is 0 Å². The minimum atomic E-state index is -1.01. The van der Waals surface area contributed by atoms with Crippen LogP contribution in [0, 0.1) is 17.5 Å². The first-order valence-electron chi connectivity index (χ1n) is 5.40. The Morgan fingerprint density at radius 3 is 2.25 bits per heavy atom. The van der Waals surface area contributed by atoms with Gasteiger partial charge in [-0.1, -0.05) is 0 Å². The lowest BCUT2D eigenvalue weighted by atomic mass is 10.1. The Kier molecular flexibility index (Phi) is 3.51. The zero-order valence-corrected chi connectivity index (χ0v) is 9.99. The van der Waals surface area contributed by atoms with Crippen LogP contribution >= 0.6 is 0 Å². The maximum absolute atomic E-state index is 13.6. The van der Waals surface area contributed by atoms with E-state index >= 15 is 0 Å². The molecule has 0 heterocycles. The largest absolute Gasteiger partial charge is 0.451 e. The lowest BCUT2D eigenvalue weighted by molar-refractivity contribution is 0.100. The number of nitrogens with two attached hydrogens (primary N) is 2. The van der Waals surface area contributed by atoms with Crippen LogP contribution in [0.4, 0.5) is 18.9 Å². The van der Waals surface area contributed by atoms with Crippen LogP contribution in [0.25, 0.3) is 0 Å². The number of primary amides is 1. The number of benzene rings is 2. The maximum Gasteiger partial charge on any atom is 0.250 e. The molecule has 0 bridgehead atoms. The number of nitrogen functional groups attached to an aromatic ring is 1. The molecule has 0 aromatic heterocycles. The number of carbonyl (C=O) groups is 1. The SMILES string of the molecule is NC(=O)c1cc(Oc2ccc(F)cc2F)c(F)cc1N. The molecule has 0 fully saturated rings. The van der Waals surface area contributed by atoms with Gasteiger partial charge in [0.05, 0.1) is 5.56 Å². The average molecular weight is 282 g/mol. The van der Waals surface area contributed by atoms with Gasteiger partial charge in [0.15, 0.2) is 23.1 Å². The Morgan fingerprint density at radius 2 is 1.65 bits per heavy atom. The third-order valence-corrected chi connectivity index (χ3v) is 2.48. The summed E-state index contributed by atoms with van der Waals surface area (Å²) in [5.74, 6) is -4.44. The lowest BCUT2D eigenvalue weighted by Gasteiger charge is -2.10. The Labute approximate surface area is 111 Å². The summed E-state index contributed by atoms with van der Waals surface area (Å²) in [5.41, 5.74) is 10.1. The molecule has 2 aromatic rings. The van der Waals surface area contributed by atoms with Crippen LogP contribution in [0.3, 0.4) is 0 Å². The van der Waals surface area contributed by atoms with Crippen molar-refractivity contribution in [3.8, 4) is 11.5 Å². The van der Waals surface area contributed by atoms with E-state index < -0.39 is 34.9 Å². The molecule has 1 amide bonds. The zero-order valence-electron chi connectivity index (χ0n) is 9.99. The molecule has 4 nitrogen and oxygen atoms in total. The minimum Gasteiger partial charge on any atom is -0.451 e. The van der Waals surface area contributed by atoms with Crippen LogP contribution in [0.2, 0.25) is 0 Å². The van der Waals surface area contributed by atoms with Crippen molar-refractivity contribution in [2.75, 3.05) is 5.73 Å². The minimum absolute atomic E-state index is 0.163. The third-order valence-electron chi connectivity index (χ3n) is 2.48. The highest BCUT2D eigenvalue weighted by atomic mass is 19.1. The van der Waals surface area contributed by atoms with E-state index in [0.29, 0.717) is 6.07 Å². The second kappa shape index (κ2) is 5.12. The Balaban J connectivity index is 2.43. The number of hydrogen-bond donors (Lipinski definition) is 2. The van der Waals surface area contributed by atoms with Gasteiger partial charge in [0.1, 0.15) is 5.82 Å². The summed E-state index contributed by atoms with van der Waals surface area (Å²) in [6.07, 6.45) is 0. The number of hydrogen-bond acceptors (Lipinski definition) is 3. The van der Waals surface area contributed by atoms with E-state index in [9.17, 15) is 18.0 Å². The fraction of sp³-hybridized carbons (Fsp3) is 0. The van der Waals surface area contributed by atoms with Gasteiger partial charge in [-0.05, 0) is 18.2 Å². The van der Waals surface area contributed by atoms with Crippen LogP contribution in [0.1, 0.15) is 10.4 Å². The summed E-state index contributed by atoms with van der Waals surface area (Å²) in [6.45, 7) is 0. The topological polar surface area (TPSA) is 78.3 Å². The Bertz CT molecular complexity index is 690. The molecule has 2 rings (SSSR count). The smallest absolute Gasteiger partial charge is 0.250 e. The molecule has 0 saturated heterocycles. The molecule has 0 aliphatic heterocycles. The van der Waals surface area contributed by atoms with Crippen molar-refractivity contribution in [1.82, 2.24) is 0 Å². The fourth-order valence-corrected chi connectivity index (χ4v) is 1.54. The fourth-order valence-electron chi connectivity index (χ4n) is 1.54. The van der Waals surface area contributed by atoms with Gasteiger partial charge in [0.25, 0.3) is 5.91 Å². The van der Waals surface area contributed by atoms with Crippen molar-refractivity contribution < 1.29 is 22.7 Å². The van der Waals surface area contributed by atoms with Crippen molar-refractivity contribution in [3.05, 3.63) is 53.3 Å². The molecule has 4 N–H and O–H groups in total. The van der Waals surface area contributed by atoms with E-state index in [4.69, 9.17) is 16.2 Å². The first-order valence-corrected chi connectivity index (χ1v) is 5.40. The summed E-state index contributed by atoms with van der Waals surface area (Å²) in [5, 5.41) is 0. The average Bonchev–Trinajstić information content (AvgIpc) is 2.35. The predicted octanol–water partition coefficient (Wildman–Crippen LogP) is 2.58. The molecule has 0 spiro atoms. The molecule has 0 unspecified atom stereocenters. The third kappa shape index (κ3) is 2.66. The van der Waals surface area contributed by atoms with Gasteiger partial charge in [-0.15, -0.1) is 0 Å². The standard InChI is InChI=1S/C13H9F3N2O2/c14-6-1-2-11(8(15)3-6)20-12-4-7(13(18)19)10(17)5-9(12)16/h1-5H,17H2,(H2,18,19). The number of rotatable bonds is 3. The number of halogens is 3. The molecular formula is C13H9F3N2O2. The molecule has 104 valence electrons. The molecule has 20 heavy (non-hydrogen) atoms. The van der Waals surface area contributed by atoms with Gasteiger partial charge in [-0.3, -0.25) is 4.79 Å². The first kappa shape index (κ1) is 13.7. The van der Waals surface area contributed by atoms with Crippen LogP contribution in [-0.4, -0.2) is 5.91 Å². The predicted molar refractivity (Wildman–Crippen MR) is 65.8 cm³/mol. The Hall–Kier alpha value is -2.70. The highest BCUT2D eigenvalue weighted by molar-refractivity contribution is 5.98. The maximum atomic E-state index is 13.6. The van der Waals surface area contributed by atoms with Gasteiger partial charge in [-0.25, -0.2) is 13.2 Å². The van der Waals surface area contributed by atoms with E-state index in [2.05, 4.69) is 0 Å². The van der Waals surface area contributed by atoms with E-state index in [1.807, 2.05) is 0 Å². The molecule has 0 radical (unpaired) electrons. The number of anilines is 1. The van der Waals surface area contributed by atoms with Crippen LogP contribution in [-0.2, 0) is 0 Å². The molecule has 7 heteroatoms. The van der Waals surface area contributed by atoms with Crippen molar-refractivity contribution in [2.45, 2.75) is 0 Å². The summed E-state index contributed by atoms with van der Waals surface area (Å²) in [4.78, 5) is 11.1. The summed E-state index contributed by atoms with van der Waals surface area (Å²) >= 11 is 0. The van der Waals surface area contributed by atoms with E-state index in [1.54, 1.807) is 0 Å². The normalized spacial score (nSPS) is 10.3. The summed E-state index contributed by atoms with van der Waals surface area (Å²) in [7, 11) is 0. The van der Waals surface area contributed by atoms with Gasteiger partial charge in [-0.2, -0.15) is 0 Å². The van der Waals surface area contributed by atoms with E-state index in [1.165, 1.54) is 0 Å². The molecule has 0 aliphatic carbocycles. The van der Waals surface area contributed by atoms with Gasteiger partial charge < -0.3 is 16.2 Å². The quantitative estimate of drug-likeness (QED) is 0.849. The highest BCUT2D eigenvalue weighted by Crippen LogP contribution is 2.30. The Morgan fingerprint density at radius 1 is 1.00 bits per heavy atom. The second-order valence-electron chi connectivity index (χ2n) is 3.91. The molecule has 0 saturated carbocycles.